The molecule has 29 heavy (non-hydrogen) atoms. The lowest BCUT2D eigenvalue weighted by molar-refractivity contribution is 0.373. The van der Waals surface area contributed by atoms with Crippen molar-refractivity contribution in [3.63, 3.8) is 0 Å². The summed E-state index contributed by atoms with van der Waals surface area (Å²) in [5.74, 6) is 1.40. The number of aromatic hydroxyl groups is 1. The topological polar surface area (TPSA) is 32.7 Å². The minimum Gasteiger partial charge on any atom is -0.508 e. The fourth-order valence-electron chi connectivity index (χ4n) is 3.30. The van der Waals surface area contributed by atoms with Gasteiger partial charge in [0.1, 0.15) is 11.5 Å². The van der Waals surface area contributed by atoms with Gasteiger partial charge in [0.25, 0.3) is 0 Å². The highest BCUT2D eigenvalue weighted by Gasteiger charge is 2.10. The summed E-state index contributed by atoms with van der Waals surface area (Å²) in [5, 5.41) is 10.3. The van der Waals surface area contributed by atoms with Gasteiger partial charge in [-0.1, -0.05) is 79.1 Å². The molecule has 0 saturated heterocycles. The van der Waals surface area contributed by atoms with E-state index in [2.05, 4.69) is 45.7 Å². The van der Waals surface area contributed by atoms with Gasteiger partial charge in [-0.05, 0) is 69.1 Å². The predicted molar refractivity (Wildman–Crippen MR) is 128 cm³/mol. The van der Waals surface area contributed by atoms with E-state index >= 15 is 0 Å². The lowest BCUT2D eigenvalue weighted by Gasteiger charge is -2.13. The molecule has 1 aromatic rings. The average molecular weight is 408 g/mol. The third-order valence-corrected chi connectivity index (χ3v) is 5.66. The number of hydrogen-bond acceptors (Lipinski definition) is 3. The second-order valence-corrected chi connectivity index (χ2v) is 8.11. The van der Waals surface area contributed by atoms with Crippen LogP contribution in [0, 0.1) is 0 Å². The van der Waals surface area contributed by atoms with Crippen molar-refractivity contribution >= 4 is 0 Å². The Labute approximate surface area is 181 Å². The Morgan fingerprint density at radius 1 is 0.724 bits per heavy atom. The second-order valence-electron chi connectivity index (χ2n) is 8.11. The summed E-state index contributed by atoms with van der Waals surface area (Å²) in [7, 11) is 3.85. The van der Waals surface area contributed by atoms with E-state index < -0.39 is 0 Å². The number of unbranched alkanes of at least 4 members (excludes halogenated alkanes) is 8. The number of methoxy groups -OCH3 is 1. The minimum atomic E-state index is 0.449. The molecule has 0 aliphatic heterocycles. The smallest absolute Gasteiger partial charge is 0.122 e. The van der Waals surface area contributed by atoms with Crippen LogP contribution in [0.3, 0.4) is 0 Å². The molecule has 0 aliphatic carbocycles. The maximum Gasteiger partial charge on any atom is 0.122 e. The van der Waals surface area contributed by atoms with E-state index in [0.29, 0.717) is 5.75 Å². The Kier molecular flexibility index (Phi) is 18.0. The van der Waals surface area contributed by atoms with Crippen molar-refractivity contribution in [2.75, 3.05) is 27.2 Å². The monoisotopic (exact) mass is 407 g/mol. The summed E-state index contributed by atoms with van der Waals surface area (Å²) >= 11 is 0. The van der Waals surface area contributed by atoms with E-state index in [9.17, 15) is 5.11 Å². The molecule has 0 aromatic heterocycles. The summed E-state index contributed by atoms with van der Waals surface area (Å²) < 4.78 is 5.55. The number of hydrogen-bond donors (Lipinski definition) is 1. The second kappa shape index (κ2) is 18.8. The van der Waals surface area contributed by atoms with E-state index in [1.807, 2.05) is 6.07 Å². The molecule has 3 heteroatoms. The van der Waals surface area contributed by atoms with Gasteiger partial charge in [-0.3, -0.25) is 0 Å². The molecule has 0 spiro atoms. The molecule has 0 unspecified atom stereocenters. The van der Waals surface area contributed by atoms with Gasteiger partial charge in [0.05, 0.1) is 7.11 Å². The third kappa shape index (κ3) is 13.6. The SMILES string of the molecule is CCCCCCCc1cc(OC)c(CCCCCCC)cc1O.CCN(C)CC. The van der Waals surface area contributed by atoms with Crippen molar-refractivity contribution in [1.82, 2.24) is 4.90 Å². The van der Waals surface area contributed by atoms with Crippen LogP contribution in [0.1, 0.15) is 103 Å². The molecular formula is C26H49NO2. The number of phenolic OH excluding ortho intramolecular Hbond substituents is 1. The van der Waals surface area contributed by atoms with E-state index in [0.717, 1.165) is 49.2 Å². The van der Waals surface area contributed by atoms with Gasteiger partial charge in [-0.25, -0.2) is 0 Å². The van der Waals surface area contributed by atoms with Crippen LogP contribution in [0.2, 0.25) is 0 Å². The van der Waals surface area contributed by atoms with Gasteiger partial charge in [0.2, 0.25) is 0 Å². The molecule has 1 rings (SSSR count). The molecule has 1 N–H and O–H groups in total. The standard InChI is InChI=1S/C21H36O2.C5H13N/c1-4-6-8-10-12-14-18-17-21(23-3)19(16-20(18)22)15-13-11-9-7-5-2;1-4-6(3)5-2/h16-17,22H,4-15H2,1-3H3;4-5H2,1-3H3. The van der Waals surface area contributed by atoms with Crippen LogP contribution in [0.5, 0.6) is 11.5 Å². The van der Waals surface area contributed by atoms with E-state index in [-0.39, 0.29) is 0 Å². The zero-order valence-electron chi connectivity index (χ0n) is 20.4. The van der Waals surface area contributed by atoms with Crippen LogP contribution in [0.15, 0.2) is 12.1 Å². The van der Waals surface area contributed by atoms with Crippen LogP contribution in [-0.4, -0.2) is 37.3 Å². The van der Waals surface area contributed by atoms with Gasteiger partial charge in [-0.2, -0.15) is 0 Å². The maximum atomic E-state index is 10.3. The third-order valence-electron chi connectivity index (χ3n) is 5.66. The zero-order chi connectivity index (χ0) is 21.9. The number of rotatable bonds is 15. The fraction of sp³-hybridized carbons (Fsp3) is 0.769. The first kappa shape index (κ1) is 27.8. The van der Waals surface area contributed by atoms with Crippen molar-refractivity contribution in [3.05, 3.63) is 23.3 Å². The number of aryl methyl sites for hydroxylation is 2. The first-order valence-corrected chi connectivity index (χ1v) is 12.1. The quantitative estimate of drug-likeness (QED) is 0.308. The predicted octanol–water partition coefficient (Wildman–Crippen LogP) is 7.38. The van der Waals surface area contributed by atoms with Crippen LogP contribution in [0.25, 0.3) is 0 Å². The average Bonchev–Trinajstić information content (AvgIpc) is 2.74. The van der Waals surface area contributed by atoms with Crippen molar-refractivity contribution in [1.29, 1.82) is 0 Å². The van der Waals surface area contributed by atoms with Gasteiger partial charge >= 0.3 is 0 Å². The molecule has 0 bridgehead atoms. The normalized spacial score (nSPS) is 10.7. The van der Waals surface area contributed by atoms with Crippen LogP contribution in [0.4, 0.5) is 0 Å². The van der Waals surface area contributed by atoms with Gasteiger partial charge in [-0.15, -0.1) is 0 Å². The van der Waals surface area contributed by atoms with Crippen molar-refractivity contribution in [2.45, 2.75) is 105 Å². The Morgan fingerprint density at radius 2 is 1.21 bits per heavy atom. The zero-order valence-corrected chi connectivity index (χ0v) is 20.4. The van der Waals surface area contributed by atoms with Crippen LogP contribution < -0.4 is 4.74 Å². The first-order chi connectivity index (χ1) is 14.0. The molecule has 0 heterocycles. The van der Waals surface area contributed by atoms with Gasteiger partial charge < -0.3 is 14.7 Å². The highest BCUT2D eigenvalue weighted by molar-refractivity contribution is 5.46. The first-order valence-electron chi connectivity index (χ1n) is 12.1. The van der Waals surface area contributed by atoms with E-state index in [4.69, 9.17) is 4.74 Å². The highest BCUT2D eigenvalue weighted by Crippen LogP contribution is 2.30. The van der Waals surface area contributed by atoms with Crippen molar-refractivity contribution in [2.24, 2.45) is 0 Å². The molecular weight excluding hydrogens is 358 g/mol. The number of nitrogens with zero attached hydrogens (tertiary/aromatic N) is 1. The summed E-state index contributed by atoms with van der Waals surface area (Å²) in [5.41, 5.74) is 2.18. The Bertz CT molecular complexity index is 498. The number of phenols is 1. The molecule has 0 fully saturated rings. The molecule has 0 atom stereocenters. The summed E-state index contributed by atoms with van der Waals surface area (Å²) in [6, 6.07) is 3.98. The fourth-order valence-corrected chi connectivity index (χ4v) is 3.30. The number of ether oxygens (including phenoxy) is 1. The molecule has 170 valence electrons. The molecule has 3 nitrogen and oxygen atoms in total. The minimum absolute atomic E-state index is 0.449. The summed E-state index contributed by atoms with van der Waals surface area (Å²) in [6.07, 6.45) is 14.5. The summed E-state index contributed by atoms with van der Waals surface area (Å²) in [6.45, 7) is 11.1. The molecule has 0 radical (unpaired) electrons. The van der Waals surface area contributed by atoms with E-state index in [1.165, 1.54) is 57.8 Å². The Hall–Kier alpha value is -1.22. The molecule has 0 saturated carbocycles. The van der Waals surface area contributed by atoms with Crippen molar-refractivity contribution in [3.8, 4) is 11.5 Å². The largest absolute Gasteiger partial charge is 0.508 e. The Balaban J connectivity index is 0.00000113. The molecule has 0 aliphatic rings. The number of benzene rings is 1. The maximum absolute atomic E-state index is 10.3. The lowest BCUT2D eigenvalue weighted by atomic mass is 9.99. The van der Waals surface area contributed by atoms with Gasteiger partial charge in [0, 0.05) is 0 Å². The lowest BCUT2D eigenvalue weighted by Crippen LogP contribution is -2.15. The highest BCUT2D eigenvalue weighted by atomic mass is 16.5. The summed E-state index contributed by atoms with van der Waals surface area (Å²) in [4.78, 5) is 2.25. The van der Waals surface area contributed by atoms with Crippen LogP contribution >= 0.6 is 0 Å². The molecule has 0 amide bonds. The molecule has 1 aromatic carbocycles. The Morgan fingerprint density at radius 3 is 1.62 bits per heavy atom. The van der Waals surface area contributed by atoms with Gasteiger partial charge in [0.15, 0.2) is 0 Å². The van der Waals surface area contributed by atoms with E-state index in [1.54, 1.807) is 7.11 Å². The van der Waals surface area contributed by atoms with Crippen molar-refractivity contribution < 1.29 is 9.84 Å². The van der Waals surface area contributed by atoms with Crippen LogP contribution in [-0.2, 0) is 12.8 Å².